The molecule has 0 atom stereocenters. The van der Waals surface area contributed by atoms with Crippen molar-refractivity contribution in [2.75, 3.05) is 23.1 Å². The van der Waals surface area contributed by atoms with Crippen molar-refractivity contribution in [1.82, 2.24) is 10.5 Å². The van der Waals surface area contributed by atoms with Gasteiger partial charge in [0.25, 0.3) is 0 Å². The highest BCUT2D eigenvalue weighted by Crippen LogP contribution is 2.41. The Hall–Kier alpha value is -6.69. The number of carboxylic acid groups (broad SMARTS) is 1. The van der Waals surface area contributed by atoms with Crippen LogP contribution in [-0.2, 0) is 15.2 Å². The highest BCUT2D eigenvalue weighted by Gasteiger charge is 2.37. The number of rotatable bonds is 18. The standard InChI is InChI=1S/C46H40N6O3S2/c53-44(54)43(41-32-57-45(48-41)49-46(36-22-10-3-11-23-36,37-24-12-4-13-25-37)38-26-14-5-15-27-38)51-55-30-31-56-33-47-52-50-40-29-17-16-28-39(40)42(34-18-6-1-7-19-34)35-20-8-2-9-21-35/h1-29,32-33,42,50,52H,30-31H2,(H,48,49)(H,53,54). The lowest BCUT2D eigenvalue weighted by Crippen LogP contribution is -2.38. The Labute approximate surface area is 340 Å². The molecule has 0 aliphatic heterocycles. The molecule has 11 heteroatoms. The van der Waals surface area contributed by atoms with Gasteiger partial charge in [-0.05, 0) is 39.4 Å². The quantitative estimate of drug-likeness (QED) is 0.0223. The van der Waals surface area contributed by atoms with Crippen LogP contribution in [0.15, 0.2) is 192 Å². The van der Waals surface area contributed by atoms with E-state index in [1.54, 1.807) is 10.9 Å². The number of nitrogens with zero attached hydrogens (tertiary/aromatic N) is 3. The maximum absolute atomic E-state index is 12.3. The van der Waals surface area contributed by atoms with Crippen molar-refractivity contribution in [3.8, 4) is 0 Å². The third kappa shape index (κ3) is 9.41. The summed E-state index contributed by atoms with van der Waals surface area (Å²) in [5.74, 6) is -0.720. The summed E-state index contributed by atoms with van der Waals surface area (Å²) in [5, 5.41) is 24.2. The summed E-state index contributed by atoms with van der Waals surface area (Å²) in [5.41, 5.74) is 14.3. The number of aliphatic carboxylic acids is 1. The average molecular weight is 789 g/mol. The number of anilines is 2. The monoisotopic (exact) mass is 788 g/mol. The number of carboxylic acids is 1. The van der Waals surface area contributed by atoms with Crippen molar-refractivity contribution in [3.63, 3.8) is 0 Å². The van der Waals surface area contributed by atoms with E-state index in [1.165, 1.54) is 34.2 Å². The van der Waals surface area contributed by atoms with Gasteiger partial charge in [0.15, 0.2) is 5.13 Å². The van der Waals surface area contributed by atoms with E-state index in [0.29, 0.717) is 10.9 Å². The van der Waals surface area contributed by atoms with Crippen molar-refractivity contribution in [2.45, 2.75) is 11.5 Å². The largest absolute Gasteiger partial charge is 0.476 e. The number of thioether (sulfide) groups is 1. The van der Waals surface area contributed by atoms with Gasteiger partial charge in [-0.2, -0.15) is 5.10 Å². The summed E-state index contributed by atoms with van der Waals surface area (Å²) < 4.78 is 0. The molecule has 57 heavy (non-hydrogen) atoms. The highest BCUT2D eigenvalue weighted by atomic mass is 32.2. The summed E-state index contributed by atoms with van der Waals surface area (Å²) in [6.07, 6.45) is 0. The summed E-state index contributed by atoms with van der Waals surface area (Å²) >= 11 is 2.70. The first-order valence-corrected chi connectivity index (χ1v) is 20.2. The lowest BCUT2D eigenvalue weighted by Gasteiger charge is -2.36. The van der Waals surface area contributed by atoms with Crippen LogP contribution < -0.4 is 16.3 Å². The molecular weight excluding hydrogens is 749 g/mol. The second-order valence-electron chi connectivity index (χ2n) is 12.8. The number of thiazole rings is 1. The normalized spacial score (nSPS) is 11.7. The van der Waals surface area contributed by atoms with Crippen LogP contribution in [0.4, 0.5) is 10.8 Å². The first-order chi connectivity index (χ1) is 28.1. The molecule has 0 saturated heterocycles. The maximum atomic E-state index is 12.3. The molecule has 0 aliphatic carbocycles. The van der Waals surface area contributed by atoms with E-state index in [1.807, 2.05) is 84.9 Å². The van der Waals surface area contributed by atoms with Crippen molar-refractivity contribution in [3.05, 3.63) is 220 Å². The number of carbonyl (C=O) groups is 1. The van der Waals surface area contributed by atoms with Gasteiger partial charge in [0.1, 0.15) is 17.8 Å². The Morgan fingerprint density at radius 3 is 1.79 bits per heavy atom. The second kappa shape index (κ2) is 19.3. The Morgan fingerprint density at radius 1 is 0.737 bits per heavy atom. The fourth-order valence-corrected chi connectivity index (χ4v) is 7.84. The van der Waals surface area contributed by atoms with Crippen LogP contribution in [0, 0.1) is 0 Å². The molecule has 6 aromatic carbocycles. The van der Waals surface area contributed by atoms with Crippen LogP contribution in [0.1, 0.15) is 45.0 Å². The van der Waals surface area contributed by atoms with E-state index >= 15 is 0 Å². The third-order valence-corrected chi connectivity index (χ3v) is 10.6. The molecule has 9 nitrogen and oxygen atoms in total. The van der Waals surface area contributed by atoms with Gasteiger partial charge in [0, 0.05) is 17.1 Å². The number of hydrogen-bond donors (Lipinski definition) is 4. The predicted octanol–water partition coefficient (Wildman–Crippen LogP) is 9.83. The number of hydrogen-bond acceptors (Lipinski definition) is 10. The number of benzene rings is 6. The molecule has 0 unspecified atom stereocenters. The van der Waals surface area contributed by atoms with Crippen LogP contribution in [0.25, 0.3) is 0 Å². The fourth-order valence-electron chi connectivity index (χ4n) is 6.69. The van der Waals surface area contributed by atoms with Crippen LogP contribution in [0.5, 0.6) is 0 Å². The van der Waals surface area contributed by atoms with Gasteiger partial charge in [-0.3, -0.25) is 5.43 Å². The van der Waals surface area contributed by atoms with E-state index < -0.39 is 11.5 Å². The fraction of sp³-hybridized carbons (Fsp3) is 0.0870. The van der Waals surface area contributed by atoms with E-state index in [2.05, 4.69) is 118 Å². The molecule has 0 spiro atoms. The number of hydrazone groups is 1. The zero-order chi connectivity index (χ0) is 39.1. The molecule has 0 radical (unpaired) electrons. The summed E-state index contributed by atoms with van der Waals surface area (Å²) in [7, 11) is 0. The van der Waals surface area contributed by atoms with Crippen LogP contribution in [0.2, 0.25) is 0 Å². The van der Waals surface area contributed by atoms with Crippen molar-refractivity contribution in [1.29, 1.82) is 0 Å². The summed E-state index contributed by atoms with van der Waals surface area (Å²) in [6, 6.07) is 59.4. The lowest BCUT2D eigenvalue weighted by molar-refractivity contribution is -0.129. The van der Waals surface area contributed by atoms with Crippen LogP contribution in [-0.4, -0.2) is 39.7 Å². The number of nitrogens with one attached hydrogen (secondary N) is 3. The van der Waals surface area contributed by atoms with Gasteiger partial charge >= 0.3 is 5.97 Å². The minimum absolute atomic E-state index is 0.0307. The number of hydrazine groups is 1. The maximum Gasteiger partial charge on any atom is 0.360 e. The molecule has 0 fully saturated rings. The van der Waals surface area contributed by atoms with Gasteiger partial charge in [0.2, 0.25) is 5.71 Å². The Balaban J connectivity index is 0.976. The minimum atomic E-state index is -1.24. The smallest absolute Gasteiger partial charge is 0.360 e. The minimum Gasteiger partial charge on any atom is -0.476 e. The first-order valence-electron chi connectivity index (χ1n) is 18.3. The average Bonchev–Trinajstić information content (AvgIpc) is 3.73. The van der Waals surface area contributed by atoms with Crippen LogP contribution >= 0.6 is 23.1 Å². The Morgan fingerprint density at radius 2 is 1.25 bits per heavy atom. The molecule has 284 valence electrons. The Bertz CT molecular complexity index is 2240. The molecule has 0 bridgehead atoms. The molecule has 4 N–H and O–H groups in total. The second-order valence-corrected chi connectivity index (χ2v) is 14.6. The molecular formula is C46H40N6O3S2. The van der Waals surface area contributed by atoms with Gasteiger partial charge in [-0.15, -0.1) is 23.1 Å². The predicted molar refractivity (Wildman–Crippen MR) is 233 cm³/mol. The van der Waals surface area contributed by atoms with E-state index in [9.17, 15) is 9.90 Å². The summed E-state index contributed by atoms with van der Waals surface area (Å²) in [4.78, 5) is 22.5. The number of para-hydroxylation sites is 1. The molecule has 0 aliphatic rings. The molecule has 0 amide bonds. The highest BCUT2D eigenvalue weighted by molar-refractivity contribution is 8.12. The van der Waals surface area contributed by atoms with Gasteiger partial charge in [-0.1, -0.05) is 175 Å². The zero-order valence-corrected chi connectivity index (χ0v) is 32.4. The van der Waals surface area contributed by atoms with E-state index in [0.717, 1.165) is 27.9 Å². The van der Waals surface area contributed by atoms with Gasteiger partial charge in [0.05, 0.1) is 11.2 Å². The lowest BCUT2D eigenvalue weighted by atomic mass is 9.77. The van der Waals surface area contributed by atoms with Crippen molar-refractivity contribution in [2.24, 2.45) is 10.3 Å². The van der Waals surface area contributed by atoms with E-state index in [-0.39, 0.29) is 23.9 Å². The molecule has 1 heterocycles. The van der Waals surface area contributed by atoms with Crippen LogP contribution in [0.3, 0.4) is 0 Å². The summed E-state index contributed by atoms with van der Waals surface area (Å²) in [6.45, 7) is 0.161. The van der Waals surface area contributed by atoms with Gasteiger partial charge in [-0.25, -0.2) is 15.3 Å². The van der Waals surface area contributed by atoms with Crippen molar-refractivity contribution >= 4 is 51.1 Å². The van der Waals surface area contributed by atoms with Crippen molar-refractivity contribution < 1.29 is 14.7 Å². The third-order valence-electron chi connectivity index (χ3n) is 9.23. The Kier molecular flexibility index (Phi) is 13.0. The van der Waals surface area contributed by atoms with Gasteiger partial charge < -0.3 is 15.3 Å². The molecule has 7 aromatic rings. The zero-order valence-electron chi connectivity index (χ0n) is 30.8. The number of oxime groups is 1. The topological polar surface area (TPSA) is 120 Å². The molecule has 1 aromatic heterocycles. The SMILES string of the molecule is O=C(O)C(=NOCCSC=NNNc1ccccc1C(c1ccccc1)c1ccccc1)c1csc(NC(c2ccccc2)(c2ccccc2)c2ccccc2)n1. The van der Waals surface area contributed by atoms with E-state index in [4.69, 9.17) is 9.82 Å². The first kappa shape index (κ1) is 38.6. The molecule has 7 rings (SSSR count). The number of aromatic nitrogens is 1. The molecule has 0 saturated carbocycles.